The molecule has 1 aliphatic heterocycles. The van der Waals surface area contributed by atoms with Gasteiger partial charge in [-0.15, -0.1) is 0 Å². The number of carboxylic acids is 1. The van der Waals surface area contributed by atoms with Gasteiger partial charge in [0.1, 0.15) is 5.56 Å². The average molecular weight is 288 g/mol. The highest BCUT2D eigenvalue weighted by atomic mass is 16.4. The molecule has 6 nitrogen and oxygen atoms in total. The lowest BCUT2D eigenvalue weighted by Gasteiger charge is -2.40. The fourth-order valence-electron chi connectivity index (χ4n) is 3.20. The molecule has 2 unspecified atom stereocenters. The second kappa shape index (κ2) is 5.02. The van der Waals surface area contributed by atoms with Crippen molar-refractivity contribution >= 4 is 22.7 Å². The van der Waals surface area contributed by atoms with Gasteiger partial charge in [0.2, 0.25) is 0 Å². The summed E-state index contributed by atoms with van der Waals surface area (Å²) >= 11 is 0. The number of aryl methyl sites for hydroxylation is 1. The third kappa shape index (κ3) is 2.14. The van der Waals surface area contributed by atoms with E-state index in [0.29, 0.717) is 12.0 Å². The van der Waals surface area contributed by atoms with E-state index in [1.807, 2.05) is 7.05 Å². The van der Waals surface area contributed by atoms with Crippen LogP contribution in [-0.4, -0.2) is 38.4 Å². The van der Waals surface area contributed by atoms with Gasteiger partial charge in [-0.3, -0.25) is 4.68 Å². The van der Waals surface area contributed by atoms with Crippen molar-refractivity contribution < 1.29 is 9.90 Å². The highest BCUT2D eigenvalue weighted by Gasteiger charge is 2.30. The second-order valence-corrected chi connectivity index (χ2v) is 5.88. The molecule has 2 aromatic heterocycles. The molecule has 1 saturated heterocycles. The van der Waals surface area contributed by atoms with Crippen LogP contribution in [0.5, 0.6) is 0 Å². The van der Waals surface area contributed by atoms with Gasteiger partial charge in [0, 0.05) is 25.8 Å². The van der Waals surface area contributed by atoms with E-state index in [1.165, 1.54) is 12.6 Å². The molecule has 6 heteroatoms. The van der Waals surface area contributed by atoms with Gasteiger partial charge in [0.25, 0.3) is 0 Å². The van der Waals surface area contributed by atoms with Crippen LogP contribution < -0.4 is 4.90 Å². The summed E-state index contributed by atoms with van der Waals surface area (Å²) < 4.78 is 1.68. The predicted molar refractivity (Wildman–Crippen MR) is 80.7 cm³/mol. The Morgan fingerprint density at radius 3 is 2.86 bits per heavy atom. The van der Waals surface area contributed by atoms with Gasteiger partial charge in [-0.2, -0.15) is 5.10 Å². The lowest BCUT2D eigenvalue weighted by Crippen LogP contribution is -2.43. The van der Waals surface area contributed by atoms with Crippen molar-refractivity contribution in [1.82, 2.24) is 14.8 Å². The van der Waals surface area contributed by atoms with Crippen LogP contribution in [0.2, 0.25) is 0 Å². The summed E-state index contributed by atoms with van der Waals surface area (Å²) in [6.07, 6.45) is 5.43. The van der Waals surface area contributed by atoms with Gasteiger partial charge in [0.05, 0.1) is 17.3 Å². The molecule has 0 amide bonds. The Kier molecular flexibility index (Phi) is 3.31. The van der Waals surface area contributed by atoms with Crippen LogP contribution in [-0.2, 0) is 7.05 Å². The Hall–Kier alpha value is -2.11. The van der Waals surface area contributed by atoms with Gasteiger partial charge in [-0.1, -0.05) is 6.92 Å². The fourth-order valence-corrected chi connectivity index (χ4v) is 3.20. The van der Waals surface area contributed by atoms with Gasteiger partial charge in [-0.25, -0.2) is 9.78 Å². The first-order chi connectivity index (χ1) is 10.0. The summed E-state index contributed by atoms with van der Waals surface area (Å²) in [4.78, 5) is 18.1. The molecular formula is C15H20N4O2. The molecule has 1 aliphatic rings. The second-order valence-electron chi connectivity index (χ2n) is 5.88. The quantitative estimate of drug-likeness (QED) is 0.918. The number of carbonyl (C=O) groups is 1. The third-order valence-corrected chi connectivity index (χ3v) is 4.62. The van der Waals surface area contributed by atoms with E-state index in [1.54, 1.807) is 10.9 Å². The number of fused-ring (bicyclic) bond motifs is 1. The zero-order valence-electron chi connectivity index (χ0n) is 12.6. The van der Waals surface area contributed by atoms with Crippen molar-refractivity contribution in [2.75, 3.05) is 11.4 Å². The summed E-state index contributed by atoms with van der Waals surface area (Å²) in [5.74, 6) is -0.394. The van der Waals surface area contributed by atoms with E-state index in [-0.39, 0.29) is 5.56 Å². The fraction of sp³-hybridized carbons (Fsp3) is 0.533. The first kappa shape index (κ1) is 13.9. The summed E-state index contributed by atoms with van der Waals surface area (Å²) in [5.41, 5.74) is 1.75. The molecule has 0 radical (unpaired) electrons. The number of aromatic nitrogens is 3. The van der Waals surface area contributed by atoms with Crippen molar-refractivity contribution in [1.29, 1.82) is 0 Å². The standard InChI is InChI=1S/C15H20N4O2/c1-9-5-4-6-19(10(9)2)13-11-8-17-18(3)14(11)16-7-12(13)15(20)21/h7-10H,4-6H2,1-3H3,(H,20,21). The molecule has 2 atom stereocenters. The minimum absolute atomic E-state index is 0.261. The molecule has 112 valence electrons. The lowest BCUT2D eigenvalue weighted by molar-refractivity contribution is 0.0697. The van der Waals surface area contributed by atoms with Crippen LogP contribution in [0, 0.1) is 5.92 Å². The highest BCUT2D eigenvalue weighted by molar-refractivity contribution is 6.03. The van der Waals surface area contributed by atoms with E-state index in [2.05, 4.69) is 28.8 Å². The van der Waals surface area contributed by atoms with Crippen molar-refractivity contribution in [2.24, 2.45) is 13.0 Å². The van der Waals surface area contributed by atoms with Gasteiger partial charge < -0.3 is 10.0 Å². The number of aromatic carboxylic acids is 1. The van der Waals surface area contributed by atoms with Crippen LogP contribution >= 0.6 is 0 Å². The minimum Gasteiger partial charge on any atom is -0.478 e. The number of anilines is 1. The van der Waals surface area contributed by atoms with E-state index in [4.69, 9.17) is 0 Å². The van der Waals surface area contributed by atoms with Crippen LogP contribution in [0.4, 0.5) is 5.69 Å². The maximum absolute atomic E-state index is 11.6. The molecular weight excluding hydrogens is 268 g/mol. The average Bonchev–Trinajstić information content (AvgIpc) is 2.83. The number of carboxylic acid groups (broad SMARTS) is 1. The zero-order valence-corrected chi connectivity index (χ0v) is 12.6. The Labute approximate surface area is 123 Å². The number of pyridine rings is 1. The van der Waals surface area contributed by atoms with Gasteiger partial charge in [-0.05, 0) is 25.7 Å². The lowest BCUT2D eigenvalue weighted by atomic mass is 9.91. The van der Waals surface area contributed by atoms with E-state index in [0.717, 1.165) is 29.7 Å². The molecule has 3 rings (SSSR count). The molecule has 21 heavy (non-hydrogen) atoms. The normalized spacial score (nSPS) is 22.7. The van der Waals surface area contributed by atoms with Gasteiger partial charge in [0.15, 0.2) is 5.65 Å². The number of hydrogen-bond acceptors (Lipinski definition) is 4. The maximum Gasteiger partial charge on any atom is 0.339 e. The molecule has 0 spiro atoms. The molecule has 1 N–H and O–H groups in total. The van der Waals surface area contributed by atoms with Crippen LogP contribution in [0.15, 0.2) is 12.4 Å². The summed E-state index contributed by atoms with van der Waals surface area (Å²) in [7, 11) is 1.82. The first-order valence-electron chi connectivity index (χ1n) is 7.31. The molecule has 2 aromatic rings. The minimum atomic E-state index is -0.936. The van der Waals surface area contributed by atoms with E-state index < -0.39 is 5.97 Å². The topological polar surface area (TPSA) is 71.2 Å². The van der Waals surface area contributed by atoms with Crippen LogP contribution in [0.1, 0.15) is 37.0 Å². The van der Waals surface area contributed by atoms with Crippen LogP contribution in [0.25, 0.3) is 11.0 Å². The Bertz CT molecular complexity index is 694. The Morgan fingerprint density at radius 2 is 2.14 bits per heavy atom. The van der Waals surface area contributed by atoms with E-state index in [9.17, 15) is 9.90 Å². The first-order valence-corrected chi connectivity index (χ1v) is 7.31. The largest absolute Gasteiger partial charge is 0.478 e. The summed E-state index contributed by atoms with van der Waals surface area (Å²) in [6, 6.07) is 0.308. The van der Waals surface area contributed by atoms with E-state index >= 15 is 0 Å². The van der Waals surface area contributed by atoms with Gasteiger partial charge >= 0.3 is 5.97 Å². The Balaban J connectivity index is 2.23. The third-order valence-electron chi connectivity index (χ3n) is 4.62. The number of piperidine rings is 1. The monoisotopic (exact) mass is 288 g/mol. The molecule has 0 bridgehead atoms. The SMILES string of the molecule is CC1CCCN(c2c(C(=O)O)cnc3c2cnn3C)C1C. The maximum atomic E-state index is 11.6. The number of hydrogen-bond donors (Lipinski definition) is 1. The predicted octanol–water partition coefficient (Wildman–Crippen LogP) is 2.29. The Morgan fingerprint density at radius 1 is 1.38 bits per heavy atom. The smallest absolute Gasteiger partial charge is 0.339 e. The molecule has 0 aromatic carbocycles. The molecule has 3 heterocycles. The number of rotatable bonds is 2. The van der Waals surface area contributed by atoms with Crippen molar-refractivity contribution in [3.05, 3.63) is 18.0 Å². The molecule has 0 saturated carbocycles. The zero-order chi connectivity index (χ0) is 15.1. The summed E-state index contributed by atoms with van der Waals surface area (Å²) in [5, 5.41) is 14.6. The van der Waals surface area contributed by atoms with Crippen molar-refractivity contribution in [2.45, 2.75) is 32.7 Å². The summed E-state index contributed by atoms with van der Waals surface area (Å²) in [6.45, 7) is 5.26. The molecule has 1 fully saturated rings. The number of nitrogens with zero attached hydrogens (tertiary/aromatic N) is 4. The molecule has 0 aliphatic carbocycles. The highest BCUT2D eigenvalue weighted by Crippen LogP contribution is 2.35. The van der Waals surface area contributed by atoms with Crippen molar-refractivity contribution in [3.8, 4) is 0 Å². The van der Waals surface area contributed by atoms with Crippen molar-refractivity contribution in [3.63, 3.8) is 0 Å². The van der Waals surface area contributed by atoms with Crippen LogP contribution in [0.3, 0.4) is 0 Å².